The van der Waals surface area contributed by atoms with Gasteiger partial charge in [-0.3, -0.25) is 9.59 Å². The second-order valence-corrected chi connectivity index (χ2v) is 4.25. The van der Waals surface area contributed by atoms with Crippen molar-refractivity contribution in [2.45, 2.75) is 6.04 Å². The molecule has 0 saturated carbocycles. The van der Waals surface area contributed by atoms with Gasteiger partial charge in [0.15, 0.2) is 0 Å². The molecule has 96 valence electrons. The topological polar surface area (TPSA) is 85.5 Å². The highest BCUT2D eigenvalue weighted by Crippen LogP contribution is 2.13. The van der Waals surface area contributed by atoms with Crippen LogP contribution in [0.4, 0.5) is 0 Å². The van der Waals surface area contributed by atoms with E-state index in [1.165, 1.54) is 17.2 Å². The SMILES string of the molecule is NC(=O)C1COCCN1C(=O)c1ccc(Cl)nc1. The van der Waals surface area contributed by atoms with Gasteiger partial charge in [-0.15, -0.1) is 0 Å². The molecule has 0 aliphatic carbocycles. The number of pyridine rings is 1. The number of aromatic nitrogens is 1. The van der Waals surface area contributed by atoms with Crippen molar-refractivity contribution in [3.63, 3.8) is 0 Å². The third-order valence-corrected chi connectivity index (χ3v) is 2.92. The summed E-state index contributed by atoms with van der Waals surface area (Å²) < 4.78 is 5.15. The van der Waals surface area contributed by atoms with Gasteiger partial charge in [0.2, 0.25) is 5.91 Å². The highest BCUT2D eigenvalue weighted by molar-refractivity contribution is 6.29. The Labute approximate surface area is 109 Å². The van der Waals surface area contributed by atoms with Crippen LogP contribution in [0.2, 0.25) is 5.15 Å². The van der Waals surface area contributed by atoms with Crippen LogP contribution >= 0.6 is 11.6 Å². The van der Waals surface area contributed by atoms with Gasteiger partial charge in [-0.05, 0) is 12.1 Å². The smallest absolute Gasteiger partial charge is 0.256 e. The molecule has 7 heteroatoms. The van der Waals surface area contributed by atoms with Crippen LogP contribution in [0.25, 0.3) is 0 Å². The van der Waals surface area contributed by atoms with Crippen LogP contribution < -0.4 is 5.73 Å². The fourth-order valence-electron chi connectivity index (χ4n) is 1.75. The summed E-state index contributed by atoms with van der Waals surface area (Å²) >= 11 is 5.65. The second kappa shape index (κ2) is 5.32. The lowest BCUT2D eigenvalue weighted by molar-refractivity contribution is -0.127. The molecule has 2 rings (SSSR count). The molecule has 1 aliphatic rings. The first-order chi connectivity index (χ1) is 8.59. The summed E-state index contributed by atoms with van der Waals surface area (Å²) in [4.78, 5) is 28.7. The Hall–Kier alpha value is -1.66. The summed E-state index contributed by atoms with van der Waals surface area (Å²) in [6, 6.07) is 2.35. The van der Waals surface area contributed by atoms with Gasteiger partial charge < -0.3 is 15.4 Å². The molecule has 0 aromatic carbocycles. The van der Waals surface area contributed by atoms with Crippen molar-refractivity contribution in [3.05, 3.63) is 29.0 Å². The highest BCUT2D eigenvalue weighted by Gasteiger charge is 2.31. The molecule has 2 amide bonds. The standard InChI is InChI=1S/C11H12ClN3O3/c12-9-2-1-7(5-14-9)11(17)15-3-4-18-6-8(15)10(13)16/h1-2,5,8H,3-4,6H2,(H2,13,16). The number of hydrogen-bond donors (Lipinski definition) is 1. The predicted molar refractivity (Wildman–Crippen MR) is 64.1 cm³/mol. The van der Waals surface area contributed by atoms with Gasteiger partial charge in [-0.25, -0.2) is 4.98 Å². The van der Waals surface area contributed by atoms with Crippen LogP contribution in [0, 0.1) is 0 Å². The second-order valence-electron chi connectivity index (χ2n) is 3.86. The maximum Gasteiger partial charge on any atom is 0.256 e. The minimum atomic E-state index is -0.734. The summed E-state index contributed by atoms with van der Waals surface area (Å²) in [5, 5.41) is 0.306. The first-order valence-corrected chi connectivity index (χ1v) is 5.77. The number of morpholine rings is 1. The van der Waals surface area contributed by atoms with Crippen molar-refractivity contribution in [1.82, 2.24) is 9.88 Å². The number of amides is 2. The van der Waals surface area contributed by atoms with E-state index in [2.05, 4.69) is 4.98 Å². The molecule has 1 atom stereocenters. The van der Waals surface area contributed by atoms with Crippen molar-refractivity contribution < 1.29 is 14.3 Å². The zero-order chi connectivity index (χ0) is 13.1. The van der Waals surface area contributed by atoms with E-state index >= 15 is 0 Å². The Bertz CT molecular complexity index is 463. The number of nitrogens with zero attached hydrogens (tertiary/aromatic N) is 2. The highest BCUT2D eigenvalue weighted by atomic mass is 35.5. The quantitative estimate of drug-likeness (QED) is 0.770. The van der Waals surface area contributed by atoms with Crippen molar-refractivity contribution in [1.29, 1.82) is 0 Å². The van der Waals surface area contributed by atoms with Crippen molar-refractivity contribution in [2.75, 3.05) is 19.8 Å². The number of rotatable bonds is 2. The zero-order valence-electron chi connectivity index (χ0n) is 9.51. The van der Waals surface area contributed by atoms with Crippen LogP contribution in [-0.2, 0) is 9.53 Å². The molecule has 1 aliphatic heterocycles. The number of carbonyl (C=O) groups is 2. The van der Waals surface area contributed by atoms with E-state index in [4.69, 9.17) is 22.1 Å². The normalized spacial score (nSPS) is 19.6. The van der Waals surface area contributed by atoms with Gasteiger partial charge in [-0.2, -0.15) is 0 Å². The minimum absolute atomic E-state index is 0.127. The van der Waals surface area contributed by atoms with Gasteiger partial charge in [0.05, 0.1) is 18.8 Å². The Morgan fingerprint density at radius 2 is 2.28 bits per heavy atom. The molecule has 2 N–H and O–H groups in total. The molecular formula is C11H12ClN3O3. The Balaban J connectivity index is 2.20. The van der Waals surface area contributed by atoms with E-state index in [9.17, 15) is 9.59 Å². The van der Waals surface area contributed by atoms with E-state index in [-0.39, 0.29) is 12.5 Å². The zero-order valence-corrected chi connectivity index (χ0v) is 10.3. The van der Waals surface area contributed by atoms with Gasteiger partial charge in [-0.1, -0.05) is 11.6 Å². The van der Waals surface area contributed by atoms with Crippen molar-refractivity contribution in [2.24, 2.45) is 5.73 Å². The lowest BCUT2D eigenvalue weighted by Crippen LogP contribution is -2.54. The summed E-state index contributed by atoms with van der Waals surface area (Å²) in [5.41, 5.74) is 5.62. The number of carbonyl (C=O) groups excluding carboxylic acids is 2. The largest absolute Gasteiger partial charge is 0.377 e. The molecule has 6 nitrogen and oxygen atoms in total. The summed E-state index contributed by atoms with van der Waals surface area (Å²) in [5.74, 6) is -0.878. The van der Waals surface area contributed by atoms with Crippen LogP contribution in [0.3, 0.4) is 0 Å². The molecule has 0 radical (unpaired) electrons. The minimum Gasteiger partial charge on any atom is -0.377 e. The van der Waals surface area contributed by atoms with Gasteiger partial charge >= 0.3 is 0 Å². The van der Waals surface area contributed by atoms with Crippen LogP contribution in [0.5, 0.6) is 0 Å². The molecule has 2 heterocycles. The Morgan fingerprint density at radius 3 is 2.89 bits per heavy atom. The first kappa shape index (κ1) is 12.8. The monoisotopic (exact) mass is 269 g/mol. The average molecular weight is 270 g/mol. The van der Waals surface area contributed by atoms with E-state index < -0.39 is 11.9 Å². The maximum absolute atomic E-state index is 12.2. The number of primary amides is 1. The summed E-state index contributed by atoms with van der Waals surface area (Å²) in [6.45, 7) is 0.841. The van der Waals surface area contributed by atoms with Crippen molar-refractivity contribution >= 4 is 23.4 Å². The number of nitrogens with two attached hydrogens (primary N) is 1. The molecule has 1 unspecified atom stereocenters. The van der Waals surface area contributed by atoms with E-state index in [1.807, 2.05) is 0 Å². The summed E-state index contributed by atoms with van der Waals surface area (Å²) in [6.07, 6.45) is 1.37. The molecule has 1 saturated heterocycles. The van der Waals surface area contributed by atoms with Gasteiger partial charge in [0, 0.05) is 12.7 Å². The number of halogens is 1. The molecule has 0 spiro atoms. The number of ether oxygens (including phenoxy) is 1. The molecule has 1 aromatic heterocycles. The van der Waals surface area contributed by atoms with E-state index in [0.29, 0.717) is 23.9 Å². The predicted octanol–water partition coefficient (Wildman–Crippen LogP) is 0.0613. The third-order valence-electron chi connectivity index (χ3n) is 2.69. The number of hydrogen-bond acceptors (Lipinski definition) is 4. The lowest BCUT2D eigenvalue weighted by atomic mass is 10.1. The maximum atomic E-state index is 12.2. The van der Waals surface area contributed by atoms with Gasteiger partial charge in [0.1, 0.15) is 11.2 Å². The van der Waals surface area contributed by atoms with Crippen molar-refractivity contribution in [3.8, 4) is 0 Å². The fraction of sp³-hybridized carbons (Fsp3) is 0.364. The van der Waals surface area contributed by atoms with E-state index in [0.717, 1.165) is 0 Å². The molecule has 1 fully saturated rings. The van der Waals surface area contributed by atoms with E-state index in [1.54, 1.807) is 6.07 Å². The lowest BCUT2D eigenvalue weighted by Gasteiger charge is -2.33. The Morgan fingerprint density at radius 1 is 1.50 bits per heavy atom. The average Bonchev–Trinajstić information content (AvgIpc) is 2.39. The Kier molecular flexibility index (Phi) is 3.78. The third kappa shape index (κ3) is 2.60. The van der Waals surface area contributed by atoms with Crippen LogP contribution in [0.1, 0.15) is 10.4 Å². The molecular weight excluding hydrogens is 258 g/mol. The first-order valence-electron chi connectivity index (χ1n) is 5.39. The molecule has 1 aromatic rings. The van der Waals surface area contributed by atoms with Crippen LogP contribution in [0.15, 0.2) is 18.3 Å². The summed E-state index contributed by atoms with van der Waals surface area (Å²) in [7, 11) is 0. The fourth-order valence-corrected chi connectivity index (χ4v) is 1.86. The van der Waals surface area contributed by atoms with Crippen LogP contribution in [-0.4, -0.2) is 47.5 Å². The molecule has 18 heavy (non-hydrogen) atoms. The van der Waals surface area contributed by atoms with Gasteiger partial charge in [0.25, 0.3) is 5.91 Å². The molecule has 0 bridgehead atoms.